The highest BCUT2D eigenvalue weighted by molar-refractivity contribution is 6.01. The van der Waals surface area contributed by atoms with E-state index in [1.165, 1.54) is 0 Å². The molecule has 0 fully saturated rings. The summed E-state index contributed by atoms with van der Waals surface area (Å²) in [4.78, 5) is 15.9. The van der Waals surface area contributed by atoms with Crippen molar-refractivity contribution in [2.45, 2.75) is 46.6 Å². The number of nitrogens with zero attached hydrogens (tertiary/aromatic N) is 2. The Bertz CT molecular complexity index is 631. The Hall–Kier alpha value is -1.84. The second-order valence-corrected chi connectivity index (χ2v) is 5.61. The van der Waals surface area contributed by atoms with E-state index in [-0.39, 0.29) is 6.04 Å². The zero-order chi connectivity index (χ0) is 14.9. The summed E-state index contributed by atoms with van der Waals surface area (Å²) in [6.07, 6.45) is 2.15. The van der Waals surface area contributed by atoms with Crippen molar-refractivity contribution in [3.8, 4) is 0 Å². The number of carbonyl (C=O) groups is 1. The Morgan fingerprint density at radius 1 is 1.40 bits per heavy atom. The maximum Gasteiger partial charge on any atom is 0.337 e. The highest BCUT2D eigenvalue weighted by atomic mass is 16.4. The fourth-order valence-electron chi connectivity index (χ4n) is 2.83. The molecule has 2 aromatic rings. The van der Waals surface area contributed by atoms with Crippen LogP contribution in [0.5, 0.6) is 0 Å². The first-order valence-electron chi connectivity index (χ1n) is 7.16. The van der Waals surface area contributed by atoms with Gasteiger partial charge in [0.05, 0.1) is 16.6 Å². The van der Waals surface area contributed by atoms with Crippen molar-refractivity contribution in [1.82, 2.24) is 9.55 Å². The van der Waals surface area contributed by atoms with Crippen LogP contribution in [0, 0.1) is 12.8 Å². The average Bonchev–Trinajstić information content (AvgIpc) is 2.73. The first-order valence-corrected chi connectivity index (χ1v) is 7.16. The minimum atomic E-state index is -0.896. The molecule has 0 aliphatic carbocycles. The molecule has 0 aliphatic rings. The van der Waals surface area contributed by atoms with Crippen molar-refractivity contribution in [3.05, 3.63) is 29.6 Å². The molecule has 1 aromatic heterocycles. The number of benzene rings is 1. The van der Waals surface area contributed by atoms with E-state index in [0.717, 1.165) is 29.7 Å². The first kappa shape index (κ1) is 14.6. The SMILES string of the molecule is CCC(C)CC(C)n1c(C)nc2cccc(C(=O)O)c21. The number of carboxylic acids is 1. The molecular formula is C16H22N2O2. The van der Waals surface area contributed by atoms with Crippen LogP contribution in [0.2, 0.25) is 0 Å². The molecule has 0 aliphatic heterocycles. The number of para-hydroxylation sites is 1. The number of carboxylic acid groups (broad SMARTS) is 1. The van der Waals surface area contributed by atoms with Gasteiger partial charge in [0.25, 0.3) is 0 Å². The number of imidazole rings is 1. The minimum absolute atomic E-state index is 0.246. The molecule has 20 heavy (non-hydrogen) atoms. The van der Waals surface area contributed by atoms with Crippen molar-refractivity contribution in [2.24, 2.45) is 5.92 Å². The zero-order valence-electron chi connectivity index (χ0n) is 12.6. The number of hydrogen-bond acceptors (Lipinski definition) is 2. The van der Waals surface area contributed by atoms with Gasteiger partial charge in [-0.05, 0) is 38.3 Å². The predicted octanol–water partition coefficient (Wildman–Crippen LogP) is 4.04. The molecule has 2 unspecified atom stereocenters. The molecule has 2 atom stereocenters. The third-order valence-corrected chi connectivity index (χ3v) is 4.00. The van der Waals surface area contributed by atoms with E-state index in [2.05, 4.69) is 30.3 Å². The molecule has 1 aromatic carbocycles. The molecule has 1 N–H and O–H groups in total. The van der Waals surface area contributed by atoms with Gasteiger partial charge in [-0.2, -0.15) is 0 Å². The van der Waals surface area contributed by atoms with Crippen LogP contribution in [0.3, 0.4) is 0 Å². The number of aromatic nitrogens is 2. The number of aryl methyl sites for hydroxylation is 1. The fourth-order valence-corrected chi connectivity index (χ4v) is 2.83. The summed E-state index contributed by atoms with van der Waals surface area (Å²) in [5.41, 5.74) is 1.84. The minimum Gasteiger partial charge on any atom is -0.478 e. The lowest BCUT2D eigenvalue weighted by Crippen LogP contribution is -2.12. The van der Waals surface area contributed by atoms with E-state index < -0.39 is 5.97 Å². The first-order chi connectivity index (χ1) is 9.45. The Kier molecular flexibility index (Phi) is 4.12. The van der Waals surface area contributed by atoms with E-state index >= 15 is 0 Å². The lowest BCUT2D eigenvalue weighted by atomic mass is 10.00. The highest BCUT2D eigenvalue weighted by Crippen LogP contribution is 2.28. The van der Waals surface area contributed by atoms with E-state index in [1.807, 2.05) is 13.0 Å². The van der Waals surface area contributed by atoms with Gasteiger partial charge < -0.3 is 9.67 Å². The van der Waals surface area contributed by atoms with Crippen LogP contribution >= 0.6 is 0 Å². The van der Waals surface area contributed by atoms with Crippen molar-refractivity contribution in [2.75, 3.05) is 0 Å². The maximum atomic E-state index is 11.4. The van der Waals surface area contributed by atoms with Crippen molar-refractivity contribution in [1.29, 1.82) is 0 Å². The summed E-state index contributed by atoms with van der Waals surface area (Å²) in [5.74, 6) is 0.593. The molecule has 4 nitrogen and oxygen atoms in total. The van der Waals surface area contributed by atoms with Crippen LogP contribution in [-0.2, 0) is 0 Å². The van der Waals surface area contributed by atoms with Gasteiger partial charge in [-0.3, -0.25) is 0 Å². The summed E-state index contributed by atoms with van der Waals surface area (Å²) >= 11 is 0. The second kappa shape index (κ2) is 5.65. The van der Waals surface area contributed by atoms with Crippen LogP contribution in [0.25, 0.3) is 11.0 Å². The number of aromatic carboxylic acids is 1. The molecule has 0 saturated heterocycles. The molecule has 108 valence electrons. The van der Waals surface area contributed by atoms with Crippen LogP contribution < -0.4 is 0 Å². The molecule has 0 bridgehead atoms. The van der Waals surface area contributed by atoms with Crippen molar-refractivity contribution in [3.63, 3.8) is 0 Å². The third kappa shape index (κ3) is 2.55. The van der Waals surface area contributed by atoms with Gasteiger partial charge >= 0.3 is 5.97 Å². The van der Waals surface area contributed by atoms with Gasteiger partial charge in [0.2, 0.25) is 0 Å². The van der Waals surface area contributed by atoms with Gasteiger partial charge in [-0.1, -0.05) is 26.3 Å². The Balaban J connectivity index is 2.57. The normalized spacial score (nSPS) is 14.4. The molecule has 0 amide bonds. The molecule has 4 heteroatoms. The second-order valence-electron chi connectivity index (χ2n) is 5.61. The molecule has 0 saturated carbocycles. The summed E-state index contributed by atoms with van der Waals surface area (Å²) in [6.45, 7) is 8.49. The fraction of sp³-hybridized carbons (Fsp3) is 0.500. The number of rotatable bonds is 5. The monoisotopic (exact) mass is 274 g/mol. The van der Waals surface area contributed by atoms with E-state index in [9.17, 15) is 9.90 Å². The average molecular weight is 274 g/mol. The van der Waals surface area contributed by atoms with Crippen LogP contribution in [0.4, 0.5) is 0 Å². The molecular weight excluding hydrogens is 252 g/mol. The van der Waals surface area contributed by atoms with Gasteiger partial charge in [-0.25, -0.2) is 9.78 Å². The van der Waals surface area contributed by atoms with Crippen molar-refractivity contribution < 1.29 is 9.90 Å². The molecule has 1 heterocycles. The summed E-state index contributed by atoms with van der Waals surface area (Å²) in [6, 6.07) is 5.52. The lowest BCUT2D eigenvalue weighted by molar-refractivity contribution is 0.0698. The topological polar surface area (TPSA) is 55.1 Å². The van der Waals surface area contributed by atoms with Crippen LogP contribution in [-0.4, -0.2) is 20.6 Å². The smallest absolute Gasteiger partial charge is 0.337 e. The summed E-state index contributed by atoms with van der Waals surface area (Å²) < 4.78 is 2.07. The quantitative estimate of drug-likeness (QED) is 0.895. The van der Waals surface area contributed by atoms with Crippen LogP contribution in [0.1, 0.15) is 55.8 Å². The van der Waals surface area contributed by atoms with E-state index in [1.54, 1.807) is 12.1 Å². The van der Waals surface area contributed by atoms with Gasteiger partial charge in [0.15, 0.2) is 0 Å². The predicted molar refractivity (Wildman–Crippen MR) is 80.2 cm³/mol. The molecule has 2 rings (SSSR count). The van der Waals surface area contributed by atoms with Gasteiger partial charge in [0, 0.05) is 6.04 Å². The van der Waals surface area contributed by atoms with Crippen LogP contribution in [0.15, 0.2) is 18.2 Å². The Morgan fingerprint density at radius 3 is 2.70 bits per heavy atom. The Labute approximate surface area is 119 Å². The molecule has 0 spiro atoms. The van der Waals surface area contributed by atoms with E-state index in [0.29, 0.717) is 11.5 Å². The van der Waals surface area contributed by atoms with Gasteiger partial charge in [-0.15, -0.1) is 0 Å². The third-order valence-electron chi connectivity index (χ3n) is 4.00. The zero-order valence-corrected chi connectivity index (χ0v) is 12.6. The lowest BCUT2D eigenvalue weighted by Gasteiger charge is -2.20. The number of fused-ring (bicyclic) bond motifs is 1. The van der Waals surface area contributed by atoms with E-state index in [4.69, 9.17) is 0 Å². The van der Waals surface area contributed by atoms with Gasteiger partial charge in [0.1, 0.15) is 5.82 Å². The largest absolute Gasteiger partial charge is 0.478 e. The summed E-state index contributed by atoms with van der Waals surface area (Å²) in [5, 5.41) is 9.39. The molecule has 0 radical (unpaired) electrons. The van der Waals surface area contributed by atoms with Crippen molar-refractivity contribution >= 4 is 17.0 Å². The standard InChI is InChI=1S/C16H22N2O2/c1-5-10(2)9-11(3)18-12(4)17-14-8-6-7-13(15(14)18)16(19)20/h6-8,10-11H,5,9H2,1-4H3,(H,19,20). The maximum absolute atomic E-state index is 11.4. The highest BCUT2D eigenvalue weighted by Gasteiger charge is 2.20. The number of hydrogen-bond donors (Lipinski definition) is 1. The Morgan fingerprint density at radius 2 is 2.10 bits per heavy atom. The summed E-state index contributed by atoms with van der Waals surface area (Å²) in [7, 11) is 0.